The highest BCUT2D eigenvalue weighted by atomic mass is 32.1. The van der Waals surface area contributed by atoms with Crippen LogP contribution in [0.3, 0.4) is 0 Å². The Morgan fingerprint density at radius 3 is 2.45 bits per heavy atom. The van der Waals surface area contributed by atoms with E-state index in [1.807, 2.05) is 85.4 Å². The number of carbonyl (C=O) groups is 4. The van der Waals surface area contributed by atoms with Crippen molar-refractivity contribution in [1.82, 2.24) is 30.0 Å². The number of hydrogen-bond acceptors (Lipinski definition) is 11. The van der Waals surface area contributed by atoms with E-state index in [9.17, 15) is 24.3 Å². The molecular weight excluding hydrogens is 937 g/mol. The molecular formula is C58H62N8O6S. The average Bonchev–Trinajstić information content (AvgIpc) is 3.98. The first kappa shape index (κ1) is 48.3. The maximum Gasteiger partial charge on any atom is 0.355 e. The molecule has 73 heavy (non-hydrogen) atoms. The smallest absolute Gasteiger partial charge is 0.355 e. The molecule has 7 aromatic rings. The molecule has 15 heteroatoms. The molecule has 3 fully saturated rings. The second kappa shape index (κ2) is 20.9. The minimum absolute atomic E-state index is 0.0162. The number of aryl methyl sites for hydroxylation is 1. The minimum atomic E-state index is -1.10. The molecule has 3 N–H and O–H groups in total. The lowest BCUT2D eigenvalue weighted by Gasteiger charge is -2.33. The zero-order chi connectivity index (χ0) is 50.2. The van der Waals surface area contributed by atoms with Gasteiger partial charge < -0.3 is 19.6 Å². The van der Waals surface area contributed by atoms with E-state index in [1.165, 1.54) is 36.2 Å². The number of nitrogens with zero attached hydrogens (tertiary/aromatic N) is 6. The van der Waals surface area contributed by atoms with Gasteiger partial charge in [-0.25, -0.2) is 14.8 Å². The zero-order valence-electron chi connectivity index (χ0n) is 41.6. The summed E-state index contributed by atoms with van der Waals surface area (Å²) in [7, 11) is 1.97. The topological polar surface area (TPSA) is 172 Å². The first-order valence-corrected chi connectivity index (χ1v) is 26.9. The molecule has 14 nitrogen and oxygen atoms in total. The number of thiazole rings is 1. The van der Waals surface area contributed by atoms with Gasteiger partial charge in [0.25, 0.3) is 5.91 Å². The Bertz CT molecular complexity index is 3210. The average molecular weight is 999 g/mol. The number of piperidine rings is 2. The summed E-state index contributed by atoms with van der Waals surface area (Å²) in [4.78, 5) is 65.1. The molecule has 3 aromatic heterocycles. The van der Waals surface area contributed by atoms with Gasteiger partial charge in [-0.15, -0.1) is 0 Å². The maximum absolute atomic E-state index is 13.7. The van der Waals surface area contributed by atoms with Crippen molar-refractivity contribution in [2.45, 2.75) is 108 Å². The van der Waals surface area contributed by atoms with E-state index in [2.05, 4.69) is 49.7 Å². The molecule has 4 aliphatic rings. The second-order valence-electron chi connectivity index (χ2n) is 20.5. The molecule has 1 aliphatic carbocycles. The van der Waals surface area contributed by atoms with Crippen molar-refractivity contribution in [1.29, 1.82) is 0 Å². The summed E-state index contributed by atoms with van der Waals surface area (Å²) in [6, 6.07) is 29.6. The number of fused-ring (bicyclic) bond motifs is 3. The first-order chi connectivity index (χ1) is 35.5. The third-order valence-corrected chi connectivity index (χ3v) is 16.9. The molecule has 4 aromatic carbocycles. The van der Waals surface area contributed by atoms with E-state index < -0.39 is 11.9 Å². The lowest BCUT2D eigenvalue weighted by atomic mass is 9.84. The lowest BCUT2D eigenvalue weighted by molar-refractivity contribution is -0.134. The fourth-order valence-electron chi connectivity index (χ4n) is 12.0. The molecule has 1 atom stereocenters. The van der Waals surface area contributed by atoms with Gasteiger partial charge in [-0.05, 0) is 160 Å². The van der Waals surface area contributed by atoms with Gasteiger partial charge in [-0.3, -0.25) is 29.7 Å². The number of unbranched alkanes of at least 4 members (excludes halogenated alkanes) is 1. The summed E-state index contributed by atoms with van der Waals surface area (Å²) in [6.07, 6.45) is 11.8. The van der Waals surface area contributed by atoms with Crippen molar-refractivity contribution >= 4 is 67.1 Å². The van der Waals surface area contributed by atoms with Crippen LogP contribution in [0.2, 0.25) is 0 Å². The highest BCUT2D eigenvalue weighted by molar-refractivity contribution is 7.22. The number of carbonyl (C=O) groups excluding carboxylic acids is 3. The Kier molecular flexibility index (Phi) is 13.8. The van der Waals surface area contributed by atoms with Gasteiger partial charge in [0.05, 0.1) is 33.4 Å². The van der Waals surface area contributed by atoms with Crippen LogP contribution >= 0.6 is 11.3 Å². The van der Waals surface area contributed by atoms with Gasteiger partial charge in [0.1, 0.15) is 11.6 Å². The van der Waals surface area contributed by atoms with Crippen LogP contribution in [0, 0.1) is 12.8 Å². The number of pyridine rings is 1. The van der Waals surface area contributed by atoms with E-state index in [-0.39, 0.29) is 29.5 Å². The normalized spacial score (nSPS) is 19.8. The Morgan fingerprint density at radius 2 is 1.64 bits per heavy atom. The fourth-order valence-corrected chi connectivity index (χ4v) is 12.9. The highest BCUT2D eigenvalue weighted by Gasteiger charge is 2.33. The quantitative estimate of drug-likeness (QED) is 0.0699. The van der Waals surface area contributed by atoms with Crippen LogP contribution in [0.5, 0.6) is 5.75 Å². The zero-order valence-corrected chi connectivity index (χ0v) is 42.4. The molecule has 6 heterocycles. The highest BCUT2D eigenvalue weighted by Crippen LogP contribution is 2.40. The monoisotopic (exact) mass is 998 g/mol. The number of carboxylic acids is 1. The van der Waals surface area contributed by atoms with Crippen molar-refractivity contribution in [3.05, 3.63) is 130 Å². The Balaban J connectivity index is 0.657. The summed E-state index contributed by atoms with van der Waals surface area (Å²) in [5.41, 5.74) is 8.82. The second-order valence-corrected chi connectivity index (χ2v) is 21.5. The number of hydrogen-bond donors (Lipinski definition) is 3. The number of aromatic nitrogens is 4. The summed E-state index contributed by atoms with van der Waals surface area (Å²) in [5.74, 6) is 0.306. The Morgan fingerprint density at radius 1 is 0.836 bits per heavy atom. The largest absolute Gasteiger partial charge is 0.490 e. The summed E-state index contributed by atoms with van der Waals surface area (Å²) >= 11 is 1.44. The molecule has 3 aliphatic heterocycles. The van der Waals surface area contributed by atoms with Crippen molar-refractivity contribution in [2.24, 2.45) is 13.0 Å². The number of benzene rings is 4. The maximum atomic E-state index is 13.7. The van der Waals surface area contributed by atoms with E-state index in [0.717, 1.165) is 113 Å². The standard InChI is InChI=1S/C58H62N8O6S/c1-35-40(42-23-25-50(60-53(42)57(70)71)66-33-29-37-11-7-14-43(46(37)34-66)55(68)62-58-59-47-16-3-4-18-49(47)73-58)12-9-17-48(35)72-39-21-19-36(20-22-39)10-5-6-30-65-31-27-38(28-32-65)41-13-8-15-44-52(63-64(2)54(41)44)45-24-26-51(67)61-56(45)69/h3-4,7-9,11-18,23,25,36,38-39,45H,5-6,10,19-22,24,26-34H2,1-2H3,(H,70,71)(H,59,62,68)(H,61,67,69)/t36-,39-,45?. The van der Waals surface area contributed by atoms with Gasteiger partial charge in [0.2, 0.25) is 11.8 Å². The van der Waals surface area contributed by atoms with Crippen molar-refractivity contribution in [3.63, 3.8) is 0 Å². The van der Waals surface area contributed by atoms with E-state index in [0.29, 0.717) is 66.3 Å². The number of carboxylic acid groups (broad SMARTS) is 1. The van der Waals surface area contributed by atoms with Gasteiger partial charge in [0, 0.05) is 43.1 Å². The summed E-state index contributed by atoms with van der Waals surface area (Å²) in [5, 5.41) is 22.5. The molecule has 1 unspecified atom stereocenters. The van der Waals surface area contributed by atoms with Crippen LogP contribution in [0.4, 0.5) is 10.9 Å². The van der Waals surface area contributed by atoms with E-state index in [4.69, 9.17) is 14.8 Å². The third kappa shape index (κ3) is 10.1. The number of imide groups is 1. The predicted octanol–water partition coefficient (Wildman–Crippen LogP) is 10.6. The fraction of sp³-hybridized carbons (Fsp3) is 0.397. The first-order valence-electron chi connectivity index (χ1n) is 26.1. The molecule has 2 saturated heterocycles. The van der Waals surface area contributed by atoms with E-state index >= 15 is 0 Å². The van der Waals surface area contributed by atoms with Crippen molar-refractivity contribution in [3.8, 4) is 16.9 Å². The molecule has 11 rings (SSSR count). The molecule has 0 bridgehead atoms. The molecule has 0 spiro atoms. The number of rotatable bonds is 14. The van der Waals surface area contributed by atoms with Crippen molar-refractivity contribution < 1.29 is 29.0 Å². The number of anilines is 2. The van der Waals surface area contributed by atoms with E-state index in [1.54, 1.807) is 0 Å². The molecule has 1 saturated carbocycles. The van der Waals surface area contributed by atoms with Crippen LogP contribution in [-0.2, 0) is 29.6 Å². The van der Waals surface area contributed by atoms with Gasteiger partial charge in [-0.2, -0.15) is 5.10 Å². The molecule has 3 amide bonds. The lowest BCUT2D eigenvalue weighted by Crippen LogP contribution is -2.39. The molecule has 0 radical (unpaired) electrons. The van der Waals surface area contributed by atoms with Crippen LogP contribution in [-0.4, -0.2) is 85.7 Å². The number of para-hydroxylation sites is 2. The van der Waals surface area contributed by atoms with Crippen LogP contribution in [0.1, 0.15) is 131 Å². The summed E-state index contributed by atoms with van der Waals surface area (Å²) < 4.78 is 9.64. The van der Waals surface area contributed by atoms with Crippen LogP contribution in [0.15, 0.2) is 91.0 Å². The van der Waals surface area contributed by atoms with Crippen molar-refractivity contribution in [2.75, 3.05) is 36.4 Å². The Labute approximate surface area is 429 Å². The number of ether oxygens (including phenoxy) is 1. The minimum Gasteiger partial charge on any atom is -0.490 e. The summed E-state index contributed by atoms with van der Waals surface area (Å²) in [6.45, 7) is 6.33. The van der Waals surface area contributed by atoms with Gasteiger partial charge in [-0.1, -0.05) is 78.8 Å². The number of amides is 3. The van der Waals surface area contributed by atoms with Crippen LogP contribution < -0.4 is 20.3 Å². The Hall–Kier alpha value is -6.97. The third-order valence-electron chi connectivity index (χ3n) is 16.0. The molecule has 376 valence electrons. The number of likely N-dealkylation sites (tertiary alicyclic amines) is 1. The SMILES string of the molecule is Cc1c(O[C@H]2CC[C@H](CCCCN3CCC(c4cccc5c(C6CCC(=O)NC6=O)nn(C)c45)CC3)CC2)cccc1-c1ccc(N2CCc3cccc(C(=O)Nc4nc5ccccc5s4)c3C2)nc1C(=O)O. The van der Waals surface area contributed by atoms with Gasteiger partial charge in [0.15, 0.2) is 10.8 Å². The number of nitrogens with one attached hydrogen (secondary N) is 2. The van der Waals surface area contributed by atoms with Gasteiger partial charge >= 0.3 is 5.97 Å². The number of aromatic carboxylic acids is 1. The van der Waals surface area contributed by atoms with Crippen LogP contribution in [0.25, 0.3) is 32.2 Å². The predicted molar refractivity (Wildman–Crippen MR) is 285 cm³/mol.